The van der Waals surface area contributed by atoms with Crippen molar-refractivity contribution in [1.82, 2.24) is 29.1 Å². The minimum absolute atomic E-state index is 0.512. The third-order valence-corrected chi connectivity index (χ3v) is 9.24. The van der Waals surface area contributed by atoms with Crippen LogP contribution in [0, 0.1) is 0 Å². The van der Waals surface area contributed by atoms with Crippen LogP contribution in [0.5, 0.6) is 0 Å². The third-order valence-electron chi connectivity index (χ3n) is 9.24. The van der Waals surface area contributed by atoms with Gasteiger partial charge in [0.25, 0.3) is 0 Å². The van der Waals surface area contributed by atoms with Crippen LogP contribution in [0.1, 0.15) is 6.92 Å². The SMILES string of the molecule is C=C/C=C(\C=C/C)n1c2ccccc2c2cc3c4ccccc4n(-c4cccc(-c5nc(-c6ccccc6)nc(-c6ccccc6)n5)n4)c3cc21. The first-order valence-electron chi connectivity index (χ1n) is 17.0. The summed E-state index contributed by atoms with van der Waals surface area (Å²) >= 11 is 0. The van der Waals surface area contributed by atoms with Gasteiger partial charge in [-0.05, 0) is 55.5 Å². The number of fused-ring (bicyclic) bond motifs is 6. The van der Waals surface area contributed by atoms with Crippen molar-refractivity contribution in [3.63, 3.8) is 0 Å². The summed E-state index contributed by atoms with van der Waals surface area (Å²) in [6, 6.07) is 47.8. The van der Waals surface area contributed by atoms with Crippen LogP contribution in [0.25, 0.3) is 89.4 Å². The second-order valence-electron chi connectivity index (χ2n) is 12.3. The monoisotopic (exact) mass is 656 g/mol. The van der Waals surface area contributed by atoms with Crippen LogP contribution in [0.3, 0.4) is 0 Å². The molecule has 242 valence electrons. The quantitative estimate of drug-likeness (QED) is 0.160. The third kappa shape index (κ3) is 5.13. The Balaban J connectivity index is 1.30. The summed E-state index contributed by atoms with van der Waals surface area (Å²) in [4.78, 5) is 20.1. The largest absolute Gasteiger partial charge is 0.309 e. The molecule has 0 bridgehead atoms. The van der Waals surface area contributed by atoms with Gasteiger partial charge in [0.05, 0.1) is 22.1 Å². The van der Waals surface area contributed by atoms with Gasteiger partial charge in [0.2, 0.25) is 0 Å². The van der Waals surface area contributed by atoms with Crippen molar-refractivity contribution in [2.75, 3.05) is 0 Å². The highest BCUT2D eigenvalue weighted by Crippen LogP contribution is 2.39. The van der Waals surface area contributed by atoms with E-state index in [1.54, 1.807) is 0 Å². The van der Waals surface area contributed by atoms with E-state index in [-0.39, 0.29) is 0 Å². The fraction of sp³-hybridized carbons (Fsp3) is 0.0222. The van der Waals surface area contributed by atoms with Gasteiger partial charge in [-0.2, -0.15) is 0 Å². The standard InChI is InChI=1S/C45H32N6/c1-3-16-32(17-4-2)50-38-25-13-11-22-33(38)35-28-36-34-23-12-14-26-39(34)51(41(36)29-40(35)50)42-27-15-24-37(46-42)45-48-43(30-18-7-5-8-19-30)47-44(49-45)31-20-9-6-10-21-31/h3-29H,1H2,2H3/b17-4-,32-16+. The number of pyridine rings is 1. The molecule has 9 aromatic rings. The van der Waals surface area contributed by atoms with Crippen LogP contribution in [0.2, 0.25) is 0 Å². The number of para-hydroxylation sites is 2. The average molecular weight is 657 g/mol. The molecule has 0 fully saturated rings. The van der Waals surface area contributed by atoms with Crippen molar-refractivity contribution in [3.05, 3.63) is 170 Å². The topological polar surface area (TPSA) is 61.4 Å². The first-order valence-corrected chi connectivity index (χ1v) is 17.0. The Morgan fingerprint density at radius 2 is 1.12 bits per heavy atom. The summed E-state index contributed by atoms with van der Waals surface area (Å²) in [6.45, 7) is 6.05. The van der Waals surface area contributed by atoms with Crippen LogP contribution >= 0.6 is 0 Å². The molecule has 9 rings (SSSR count). The Hall–Kier alpha value is -6.92. The predicted molar refractivity (Wildman–Crippen MR) is 211 cm³/mol. The Morgan fingerprint density at radius 1 is 0.529 bits per heavy atom. The molecule has 0 N–H and O–H groups in total. The molecule has 5 aromatic carbocycles. The van der Waals surface area contributed by atoms with Gasteiger partial charge < -0.3 is 4.57 Å². The Kier molecular flexibility index (Phi) is 7.40. The Bertz CT molecular complexity index is 2770. The molecule has 0 atom stereocenters. The van der Waals surface area contributed by atoms with Gasteiger partial charge in [0, 0.05) is 38.4 Å². The van der Waals surface area contributed by atoms with E-state index in [1.807, 2.05) is 85.8 Å². The van der Waals surface area contributed by atoms with E-state index < -0.39 is 0 Å². The molecule has 0 radical (unpaired) electrons. The molecule has 4 aromatic heterocycles. The van der Waals surface area contributed by atoms with Gasteiger partial charge in [-0.25, -0.2) is 19.9 Å². The van der Waals surface area contributed by atoms with Crippen molar-refractivity contribution in [1.29, 1.82) is 0 Å². The molecule has 0 aliphatic rings. The van der Waals surface area contributed by atoms with Crippen LogP contribution in [0.15, 0.2) is 170 Å². The van der Waals surface area contributed by atoms with E-state index >= 15 is 0 Å². The van der Waals surface area contributed by atoms with Gasteiger partial charge in [0.1, 0.15) is 11.5 Å². The fourth-order valence-corrected chi connectivity index (χ4v) is 7.05. The highest BCUT2D eigenvalue weighted by molar-refractivity contribution is 6.19. The minimum atomic E-state index is 0.512. The lowest BCUT2D eigenvalue weighted by Crippen LogP contribution is -2.03. The van der Waals surface area contributed by atoms with Gasteiger partial charge >= 0.3 is 0 Å². The first kappa shape index (κ1) is 30.2. The number of nitrogens with zero attached hydrogens (tertiary/aromatic N) is 6. The van der Waals surface area contributed by atoms with E-state index in [0.29, 0.717) is 23.2 Å². The highest BCUT2D eigenvalue weighted by Gasteiger charge is 2.20. The van der Waals surface area contributed by atoms with Gasteiger partial charge in [-0.1, -0.05) is 122 Å². The molecule has 0 saturated heterocycles. The lowest BCUT2D eigenvalue weighted by atomic mass is 10.1. The lowest BCUT2D eigenvalue weighted by molar-refractivity contribution is 1.03. The summed E-state index contributed by atoms with van der Waals surface area (Å²) < 4.78 is 4.57. The molecular weight excluding hydrogens is 625 g/mol. The molecule has 4 heterocycles. The van der Waals surface area contributed by atoms with E-state index in [9.17, 15) is 0 Å². The molecule has 0 aliphatic carbocycles. The highest BCUT2D eigenvalue weighted by atomic mass is 15.1. The molecule has 0 amide bonds. The second-order valence-corrected chi connectivity index (χ2v) is 12.3. The van der Waals surface area contributed by atoms with Gasteiger partial charge in [-0.3, -0.25) is 4.57 Å². The van der Waals surface area contributed by atoms with E-state index in [0.717, 1.165) is 55.5 Å². The summed E-state index contributed by atoms with van der Waals surface area (Å²) in [7, 11) is 0. The maximum Gasteiger partial charge on any atom is 0.182 e. The first-order chi connectivity index (χ1) is 25.2. The van der Waals surface area contributed by atoms with E-state index in [1.165, 1.54) is 10.8 Å². The van der Waals surface area contributed by atoms with Crippen LogP contribution in [-0.2, 0) is 0 Å². The van der Waals surface area contributed by atoms with Crippen molar-refractivity contribution in [3.8, 4) is 40.1 Å². The number of aromatic nitrogens is 6. The number of hydrogen-bond donors (Lipinski definition) is 0. The zero-order chi connectivity index (χ0) is 34.3. The second kappa shape index (κ2) is 12.5. The minimum Gasteiger partial charge on any atom is -0.309 e. The maximum absolute atomic E-state index is 5.26. The van der Waals surface area contributed by atoms with Gasteiger partial charge in [-0.15, -0.1) is 0 Å². The number of rotatable bonds is 7. The number of hydrogen-bond acceptors (Lipinski definition) is 4. The molecular formula is C45H32N6. The van der Waals surface area contributed by atoms with Crippen LogP contribution in [0.4, 0.5) is 0 Å². The normalized spacial score (nSPS) is 12.1. The van der Waals surface area contributed by atoms with Crippen LogP contribution in [-0.4, -0.2) is 29.1 Å². The Morgan fingerprint density at radius 3 is 1.78 bits per heavy atom. The summed E-state index contributed by atoms with van der Waals surface area (Å²) in [5.74, 6) is 2.49. The molecule has 0 unspecified atom stereocenters. The van der Waals surface area contributed by atoms with Crippen LogP contribution < -0.4 is 0 Å². The van der Waals surface area contributed by atoms with Crippen molar-refractivity contribution < 1.29 is 0 Å². The zero-order valence-corrected chi connectivity index (χ0v) is 28.0. The van der Waals surface area contributed by atoms with E-state index in [2.05, 4.69) is 101 Å². The maximum atomic E-state index is 5.26. The molecule has 0 aliphatic heterocycles. The molecule has 51 heavy (non-hydrogen) atoms. The van der Waals surface area contributed by atoms with Crippen molar-refractivity contribution in [2.45, 2.75) is 6.92 Å². The smallest absolute Gasteiger partial charge is 0.182 e. The van der Waals surface area contributed by atoms with Gasteiger partial charge in [0.15, 0.2) is 17.5 Å². The summed E-state index contributed by atoms with van der Waals surface area (Å²) in [5.41, 5.74) is 7.91. The fourth-order valence-electron chi connectivity index (χ4n) is 7.05. The lowest BCUT2D eigenvalue weighted by Gasteiger charge is -2.11. The predicted octanol–water partition coefficient (Wildman–Crippen LogP) is 11.1. The summed E-state index contributed by atoms with van der Waals surface area (Å²) in [6.07, 6.45) is 8.09. The molecule has 6 heteroatoms. The number of allylic oxidation sites excluding steroid dienone is 5. The van der Waals surface area contributed by atoms with E-state index in [4.69, 9.17) is 19.9 Å². The Labute approximate surface area is 295 Å². The zero-order valence-electron chi connectivity index (χ0n) is 28.0. The molecule has 6 nitrogen and oxygen atoms in total. The van der Waals surface area contributed by atoms with Crippen molar-refractivity contribution in [2.24, 2.45) is 0 Å². The summed E-state index contributed by atoms with van der Waals surface area (Å²) in [5, 5.41) is 4.70. The molecule has 0 saturated carbocycles. The molecule has 0 spiro atoms. The number of benzene rings is 5. The average Bonchev–Trinajstić information content (AvgIpc) is 3.69. The van der Waals surface area contributed by atoms with Crippen molar-refractivity contribution >= 4 is 49.3 Å².